The van der Waals surface area contributed by atoms with Crippen LogP contribution in [0.4, 0.5) is 0 Å². The molecule has 1 unspecified atom stereocenters. The summed E-state index contributed by atoms with van der Waals surface area (Å²) in [4.78, 5) is 28.2. The molecule has 0 fully saturated rings. The van der Waals surface area contributed by atoms with Gasteiger partial charge in [-0.15, -0.1) is 0 Å². The Morgan fingerprint density at radius 2 is 2.36 bits per heavy atom. The number of hydrogen-bond donors (Lipinski definition) is 1. The van der Waals surface area contributed by atoms with Crippen LogP contribution in [0.2, 0.25) is 0 Å². The van der Waals surface area contributed by atoms with Crippen molar-refractivity contribution < 1.29 is 4.79 Å². The molecule has 1 atom stereocenters. The molecule has 6 heteroatoms. The second-order valence-corrected chi connectivity index (χ2v) is 6.80. The summed E-state index contributed by atoms with van der Waals surface area (Å²) in [5.74, 6) is 0.760. The second-order valence-electron chi connectivity index (χ2n) is 5.81. The van der Waals surface area contributed by atoms with Crippen LogP contribution < -0.4 is 10.9 Å². The van der Waals surface area contributed by atoms with Crippen LogP contribution in [0, 0.1) is 0 Å². The van der Waals surface area contributed by atoms with Crippen molar-refractivity contribution in [3.63, 3.8) is 0 Å². The highest BCUT2D eigenvalue weighted by molar-refractivity contribution is 7.99. The van der Waals surface area contributed by atoms with E-state index in [4.69, 9.17) is 0 Å². The smallest absolute Gasteiger partial charge is 0.254 e. The molecule has 22 heavy (non-hydrogen) atoms. The van der Waals surface area contributed by atoms with Crippen LogP contribution in [-0.2, 0) is 4.79 Å². The van der Waals surface area contributed by atoms with Gasteiger partial charge in [-0.25, -0.2) is 4.98 Å². The van der Waals surface area contributed by atoms with Gasteiger partial charge in [0.25, 0.3) is 5.56 Å². The topological polar surface area (TPSA) is 64.0 Å². The molecule has 0 saturated carbocycles. The third-order valence-electron chi connectivity index (χ3n) is 4.19. The van der Waals surface area contributed by atoms with Gasteiger partial charge in [-0.2, -0.15) is 0 Å². The number of allylic oxidation sites excluding steroid dienone is 1. The Morgan fingerprint density at radius 3 is 3.18 bits per heavy atom. The minimum Gasteiger partial charge on any atom is -0.356 e. The van der Waals surface area contributed by atoms with Crippen LogP contribution in [0.25, 0.3) is 0 Å². The molecule has 1 aromatic rings. The molecular weight excluding hydrogens is 298 g/mol. The molecule has 0 spiro atoms. The Morgan fingerprint density at radius 1 is 1.45 bits per heavy atom. The molecule has 1 aliphatic heterocycles. The second kappa shape index (κ2) is 7.13. The average molecular weight is 319 g/mol. The van der Waals surface area contributed by atoms with Crippen molar-refractivity contribution >= 4 is 17.7 Å². The molecule has 2 heterocycles. The number of nitrogens with zero attached hydrogens (tertiary/aromatic N) is 2. The largest absolute Gasteiger partial charge is 0.356 e. The van der Waals surface area contributed by atoms with E-state index >= 15 is 0 Å². The van der Waals surface area contributed by atoms with Crippen LogP contribution in [0.15, 0.2) is 33.9 Å². The summed E-state index contributed by atoms with van der Waals surface area (Å²) in [5.41, 5.74) is 1.40. The van der Waals surface area contributed by atoms with E-state index in [9.17, 15) is 9.59 Å². The van der Waals surface area contributed by atoms with E-state index in [1.165, 1.54) is 43.5 Å². The maximum absolute atomic E-state index is 12.1. The molecule has 1 N–H and O–H groups in total. The van der Waals surface area contributed by atoms with Crippen molar-refractivity contribution in [3.8, 4) is 0 Å². The van der Waals surface area contributed by atoms with Gasteiger partial charge in [0, 0.05) is 31.0 Å². The molecule has 2 aliphatic rings. The Hall–Kier alpha value is -1.56. The highest BCUT2D eigenvalue weighted by atomic mass is 32.2. The average Bonchev–Trinajstić information content (AvgIpc) is 2.93. The lowest BCUT2D eigenvalue weighted by atomic mass is 9.97. The number of carbonyl (C=O) groups is 1. The van der Waals surface area contributed by atoms with E-state index in [0.29, 0.717) is 13.0 Å². The summed E-state index contributed by atoms with van der Waals surface area (Å²) in [7, 11) is 0. The van der Waals surface area contributed by atoms with Crippen molar-refractivity contribution in [2.45, 2.75) is 49.7 Å². The molecule has 1 amide bonds. The Bertz CT molecular complexity index is 639. The van der Waals surface area contributed by atoms with Gasteiger partial charge in [0.05, 0.1) is 6.04 Å². The van der Waals surface area contributed by atoms with Gasteiger partial charge in [-0.3, -0.25) is 14.2 Å². The number of thioether (sulfide) groups is 1. The van der Waals surface area contributed by atoms with Gasteiger partial charge in [-0.05, 0) is 32.1 Å². The number of fused-ring (bicyclic) bond motifs is 1. The fourth-order valence-electron chi connectivity index (χ4n) is 3.02. The zero-order chi connectivity index (χ0) is 15.4. The first-order valence-electron chi connectivity index (χ1n) is 7.89. The van der Waals surface area contributed by atoms with Crippen molar-refractivity contribution in [2.75, 3.05) is 12.3 Å². The van der Waals surface area contributed by atoms with Crippen molar-refractivity contribution in [1.82, 2.24) is 14.9 Å². The minimum atomic E-state index is -0.0740. The number of hydrogen-bond acceptors (Lipinski definition) is 4. The van der Waals surface area contributed by atoms with Gasteiger partial charge in [0.1, 0.15) is 0 Å². The summed E-state index contributed by atoms with van der Waals surface area (Å²) in [6, 6.07) is 1.38. The van der Waals surface area contributed by atoms with E-state index in [-0.39, 0.29) is 17.5 Å². The lowest BCUT2D eigenvalue weighted by molar-refractivity contribution is -0.121. The minimum absolute atomic E-state index is 0.0191. The summed E-state index contributed by atoms with van der Waals surface area (Å²) < 4.78 is 1.65. The normalized spacial score (nSPS) is 20.4. The third-order valence-corrected chi connectivity index (χ3v) is 5.30. The van der Waals surface area contributed by atoms with Gasteiger partial charge in [0.15, 0.2) is 5.16 Å². The van der Waals surface area contributed by atoms with E-state index in [1.54, 1.807) is 16.3 Å². The van der Waals surface area contributed by atoms with Gasteiger partial charge in [0.2, 0.25) is 5.91 Å². The molecule has 0 aromatic carbocycles. The van der Waals surface area contributed by atoms with E-state index in [2.05, 4.69) is 16.4 Å². The zero-order valence-corrected chi connectivity index (χ0v) is 13.4. The number of carbonyl (C=O) groups excluding carboxylic acids is 1. The van der Waals surface area contributed by atoms with Gasteiger partial charge in [-0.1, -0.05) is 23.4 Å². The summed E-state index contributed by atoms with van der Waals surface area (Å²) in [6.45, 7) is 0.694. The third kappa shape index (κ3) is 3.61. The molecule has 0 saturated heterocycles. The summed E-state index contributed by atoms with van der Waals surface area (Å²) in [5, 5.41) is 3.70. The molecule has 1 aliphatic carbocycles. The predicted octanol–water partition coefficient (Wildman–Crippen LogP) is 2.29. The summed E-state index contributed by atoms with van der Waals surface area (Å²) >= 11 is 1.54. The molecule has 3 rings (SSSR count). The van der Waals surface area contributed by atoms with Crippen molar-refractivity contribution in [3.05, 3.63) is 34.3 Å². The highest BCUT2D eigenvalue weighted by Gasteiger charge is 2.26. The number of rotatable bonds is 5. The first kappa shape index (κ1) is 15.3. The standard InChI is InChI=1S/C16H21N3O2S/c20-14(17-8-6-12-4-2-1-3-5-12)10-13-11-22-16-18-9-7-15(21)19(13)16/h4,7,9,13H,1-3,5-6,8,10-11H2,(H,17,20). The van der Waals surface area contributed by atoms with Gasteiger partial charge < -0.3 is 5.32 Å². The fourth-order valence-corrected chi connectivity index (χ4v) is 4.14. The van der Waals surface area contributed by atoms with Crippen molar-refractivity contribution in [1.29, 1.82) is 0 Å². The van der Waals surface area contributed by atoms with Crippen LogP contribution in [0.1, 0.15) is 44.6 Å². The molecule has 1 aromatic heterocycles. The van der Waals surface area contributed by atoms with Crippen molar-refractivity contribution in [2.24, 2.45) is 0 Å². The Kier molecular flexibility index (Phi) is 4.97. The van der Waals surface area contributed by atoms with Gasteiger partial charge >= 0.3 is 0 Å². The van der Waals surface area contributed by atoms with E-state index < -0.39 is 0 Å². The molecule has 5 nitrogen and oxygen atoms in total. The zero-order valence-electron chi connectivity index (χ0n) is 12.6. The molecule has 118 valence electrons. The monoisotopic (exact) mass is 319 g/mol. The van der Waals surface area contributed by atoms with Crippen LogP contribution in [0.3, 0.4) is 0 Å². The predicted molar refractivity (Wildman–Crippen MR) is 87.1 cm³/mol. The maximum atomic E-state index is 12.1. The lowest BCUT2D eigenvalue weighted by Crippen LogP contribution is -2.31. The number of aromatic nitrogens is 2. The Balaban J connectivity index is 1.49. The van der Waals surface area contributed by atoms with E-state index in [0.717, 1.165) is 17.3 Å². The first-order chi connectivity index (χ1) is 10.7. The lowest BCUT2D eigenvalue weighted by Gasteiger charge is -2.15. The van der Waals surface area contributed by atoms with Crippen LogP contribution >= 0.6 is 11.8 Å². The Labute approximate surface area is 134 Å². The molecular formula is C16H21N3O2S. The van der Waals surface area contributed by atoms with E-state index in [1.807, 2.05) is 0 Å². The maximum Gasteiger partial charge on any atom is 0.254 e. The van der Waals surface area contributed by atoms with Crippen LogP contribution in [-0.4, -0.2) is 27.8 Å². The SMILES string of the molecule is O=C(CC1CSc2nccc(=O)n21)NCCC1=CCCCC1. The molecule has 0 bridgehead atoms. The highest BCUT2D eigenvalue weighted by Crippen LogP contribution is 2.31. The molecule has 0 radical (unpaired) electrons. The fraction of sp³-hybridized carbons (Fsp3) is 0.562. The number of nitrogens with one attached hydrogen (secondary N) is 1. The quantitative estimate of drug-likeness (QED) is 0.668. The first-order valence-corrected chi connectivity index (χ1v) is 8.87. The van der Waals surface area contributed by atoms with Crippen LogP contribution in [0.5, 0.6) is 0 Å². The summed E-state index contributed by atoms with van der Waals surface area (Å²) in [6.07, 6.45) is 10.0. The number of amides is 1.